The highest BCUT2D eigenvalue weighted by molar-refractivity contribution is 7.90. The number of aryl methyl sites for hydroxylation is 1. The third-order valence-corrected chi connectivity index (χ3v) is 5.88. The minimum atomic E-state index is -3.55. The highest BCUT2D eigenvalue weighted by Gasteiger charge is 2.22. The number of ether oxygens (including phenoxy) is 1. The lowest BCUT2D eigenvalue weighted by molar-refractivity contribution is 0.437. The lowest BCUT2D eigenvalue weighted by Gasteiger charge is -2.12. The van der Waals surface area contributed by atoms with Crippen LogP contribution in [0, 0.1) is 12.7 Å². The minimum Gasteiger partial charge on any atom is -0.453 e. The van der Waals surface area contributed by atoms with Gasteiger partial charge in [0.15, 0.2) is 11.6 Å². The first-order valence-electron chi connectivity index (χ1n) is 9.31. The van der Waals surface area contributed by atoms with Gasteiger partial charge in [-0.15, -0.1) is 10.2 Å². The van der Waals surface area contributed by atoms with Gasteiger partial charge in [0.05, 0.1) is 11.4 Å². The Balaban J connectivity index is 1.61. The Morgan fingerprint density at radius 1 is 1.21 bits per heavy atom. The summed E-state index contributed by atoms with van der Waals surface area (Å²) in [4.78, 5) is 6.66. The second-order valence-electron chi connectivity index (χ2n) is 7.14. The highest BCUT2D eigenvalue weighted by Crippen LogP contribution is 2.36. The molecule has 9 nitrogen and oxygen atoms in total. The number of aromatic nitrogens is 4. The van der Waals surface area contributed by atoms with E-state index in [0.29, 0.717) is 16.4 Å². The molecule has 0 aliphatic rings. The molecule has 4 rings (SSSR count). The number of nitrogens with one attached hydrogen (secondary N) is 1. The van der Waals surface area contributed by atoms with Gasteiger partial charge in [-0.25, -0.2) is 17.8 Å². The van der Waals surface area contributed by atoms with E-state index in [2.05, 4.69) is 20.2 Å². The van der Waals surface area contributed by atoms with Crippen LogP contribution in [-0.2, 0) is 16.3 Å². The zero-order valence-electron chi connectivity index (χ0n) is 17.2. The van der Waals surface area contributed by atoms with Crippen LogP contribution in [0.15, 0.2) is 39.9 Å². The largest absolute Gasteiger partial charge is 0.453 e. The standard InChI is InChI=1S/C20H16Cl2FN5O4S/c1-9-17(26-20(25-9)33(2,29)30)19-28-27-15(32-19)5-10-3-4-14(22)18(16(10)23)31-13-7-11(21)6-12(24)8-13/h3-4,6-8H,5,24H2,1-2H3,(H,25,26). The van der Waals surface area contributed by atoms with Crippen LogP contribution in [0.2, 0.25) is 10.0 Å². The molecule has 0 aliphatic heterocycles. The van der Waals surface area contributed by atoms with Crippen molar-refractivity contribution in [3.63, 3.8) is 0 Å². The third-order valence-electron chi connectivity index (χ3n) is 4.47. The Labute approximate surface area is 197 Å². The Morgan fingerprint density at radius 2 is 1.97 bits per heavy atom. The van der Waals surface area contributed by atoms with Gasteiger partial charge in [0, 0.05) is 34.3 Å². The van der Waals surface area contributed by atoms with Crippen LogP contribution in [-0.4, -0.2) is 34.8 Å². The predicted octanol–water partition coefficient (Wildman–Crippen LogP) is 4.58. The van der Waals surface area contributed by atoms with Crippen LogP contribution in [0.25, 0.3) is 11.6 Å². The monoisotopic (exact) mass is 511 g/mol. The number of aromatic amines is 1. The molecule has 0 unspecified atom stereocenters. The van der Waals surface area contributed by atoms with Crippen molar-refractivity contribution in [3.05, 3.63) is 63.3 Å². The van der Waals surface area contributed by atoms with E-state index in [9.17, 15) is 8.42 Å². The summed E-state index contributed by atoms with van der Waals surface area (Å²) in [6, 6.07) is 7.41. The van der Waals surface area contributed by atoms with E-state index in [0.717, 1.165) is 6.26 Å². The average Bonchev–Trinajstić information content (AvgIpc) is 3.33. The number of nitrogens with two attached hydrogens (primary N) is 1. The van der Waals surface area contributed by atoms with Gasteiger partial charge in [-0.3, -0.25) is 0 Å². The molecule has 0 bridgehead atoms. The van der Waals surface area contributed by atoms with Crippen LogP contribution in [0.5, 0.6) is 11.5 Å². The fourth-order valence-corrected chi connectivity index (χ4v) is 3.98. The molecule has 33 heavy (non-hydrogen) atoms. The maximum atomic E-state index is 15.2. The van der Waals surface area contributed by atoms with E-state index < -0.39 is 15.7 Å². The summed E-state index contributed by atoms with van der Waals surface area (Å²) in [5.74, 6) is -0.650. The third kappa shape index (κ3) is 4.95. The fraction of sp³-hybridized carbons (Fsp3) is 0.150. The first-order valence-corrected chi connectivity index (χ1v) is 12.0. The number of hydrogen-bond donors (Lipinski definition) is 2. The average molecular weight is 512 g/mol. The topological polar surface area (TPSA) is 137 Å². The number of imidazole rings is 1. The zero-order valence-corrected chi connectivity index (χ0v) is 19.5. The van der Waals surface area contributed by atoms with Gasteiger partial charge in [-0.1, -0.05) is 29.3 Å². The van der Waals surface area contributed by atoms with E-state index in [1.54, 1.807) is 6.92 Å². The van der Waals surface area contributed by atoms with E-state index in [-0.39, 0.29) is 51.1 Å². The number of anilines is 1. The van der Waals surface area contributed by atoms with Gasteiger partial charge in [0.1, 0.15) is 11.4 Å². The molecule has 2 heterocycles. The molecule has 0 saturated carbocycles. The van der Waals surface area contributed by atoms with Crippen molar-refractivity contribution < 1.29 is 22.0 Å². The molecule has 2 aromatic carbocycles. The molecule has 0 aliphatic carbocycles. The molecule has 13 heteroatoms. The Morgan fingerprint density at radius 3 is 2.64 bits per heavy atom. The van der Waals surface area contributed by atoms with Crippen molar-refractivity contribution in [1.82, 2.24) is 20.2 Å². The van der Waals surface area contributed by atoms with Crippen molar-refractivity contribution in [1.29, 1.82) is 0 Å². The molecule has 4 aromatic rings. The van der Waals surface area contributed by atoms with Gasteiger partial charge in [-0.2, -0.15) is 0 Å². The molecule has 0 atom stereocenters. The molecule has 172 valence electrons. The molecule has 0 fully saturated rings. The lowest BCUT2D eigenvalue weighted by atomic mass is 10.1. The smallest absolute Gasteiger partial charge is 0.268 e. The normalized spacial score (nSPS) is 11.7. The maximum absolute atomic E-state index is 15.2. The van der Waals surface area contributed by atoms with E-state index in [1.165, 1.54) is 30.3 Å². The summed E-state index contributed by atoms with van der Waals surface area (Å²) in [6.07, 6.45) is 0.946. The van der Waals surface area contributed by atoms with Crippen LogP contribution in [0.3, 0.4) is 0 Å². The number of hydrogen-bond acceptors (Lipinski definition) is 8. The van der Waals surface area contributed by atoms with Gasteiger partial charge in [0.2, 0.25) is 20.9 Å². The first kappa shape index (κ1) is 23.0. The van der Waals surface area contributed by atoms with Gasteiger partial charge in [-0.05, 0) is 25.1 Å². The second-order valence-corrected chi connectivity index (χ2v) is 9.91. The van der Waals surface area contributed by atoms with Crippen molar-refractivity contribution in [3.8, 4) is 23.1 Å². The maximum Gasteiger partial charge on any atom is 0.268 e. The molecule has 0 radical (unpaired) electrons. The number of sulfone groups is 1. The Bertz CT molecular complexity index is 1450. The van der Waals surface area contributed by atoms with E-state index in [1.807, 2.05) is 0 Å². The van der Waals surface area contributed by atoms with Crippen LogP contribution < -0.4 is 10.5 Å². The molecule has 2 aromatic heterocycles. The number of rotatable bonds is 6. The summed E-state index contributed by atoms with van der Waals surface area (Å²) in [7, 11) is -3.55. The van der Waals surface area contributed by atoms with Gasteiger partial charge < -0.3 is 19.9 Å². The molecule has 0 saturated heterocycles. The second kappa shape index (κ2) is 8.65. The number of nitrogen functional groups attached to an aromatic ring is 1. The van der Waals surface area contributed by atoms with Crippen LogP contribution >= 0.6 is 23.2 Å². The quantitative estimate of drug-likeness (QED) is 0.358. The van der Waals surface area contributed by atoms with Crippen molar-refractivity contribution in [2.75, 3.05) is 12.0 Å². The summed E-state index contributed by atoms with van der Waals surface area (Å²) in [5.41, 5.74) is 6.89. The van der Waals surface area contributed by atoms with Crippen LogP contribution in [0.1, 0.15) is 17.1 Å². The number of H-pyrrole nitrogens is 1. The zero-order chi connectivity index (χ0) is 23.9. The van der Waals surface area contributed by atoms with E-state index in [4.69, 9.17) is 38.1 Å². The van der Waals surface area contributed by atoms with E-state index >= 15 is 4.39 Å². The Hall–Kier alpha value is -3.15. The summed E-state index contributed by atoms with van der Waals surface area (Å²) in [6.45, 7) is 1.62. The Kier molecular flexibility index (Phi) is 6.04. The summed E-state index contributed by atoms with van der Waals surface area (Å²) in [5, 5.41) is 7.95. The predicted molar refractivity (Wildman–Crippen MR) is 120 cm³/mol. The number of nitrogens with zero attached hydrogens (tertiary/aromatic N) is 3. The van der Waals surface area contributed by atoms with Crippen molar-refractivity contribution >= 4 is 38.7 Å². The van der Waals surface area contributed by atoms with Crippen molar-refractivity contribution in [2.45, 2.75) is 18.5 Å². The molecule has 3 N–H and O–H groups in total. The summed E-state index contributed by atoms with van der Waals surface area (Å²) < 4.78 is 49.8. The minimum absolute atomic E-state index is 0.00565. The van der Waals surface area contributed by atoms with Crippen molar-refractivity contribution in [2.24, 2.45) is 0 Å². The summed E-state index contributed by atoms with van der Waals surface area (Å²) >= 11 is 12.1. The first-order chi connectivity index (χ1) is 15.5. The highest BCUT2D eigenvalue weighted by atomic mass is 35.5. The van der Waals surface area contributed by atoms with Crippen LogP contribution in [0.4, 0.5) is 10.1 Å². The molecule has 0 spiro atoms. The van der Waals surface area contributed by atoms with Gasteiger partial charge in [0.25, 0.3) is 5.89 Å². The molecular weight excluding hydrogens is 496 g/mol. The molecular formula is C20H16Cl2FN5O4S. The lowest BCUT2D eigenvalue weighted by Crippen LogP contribution is -1.99. The SMILES string of the molecule is Cc1[nH]c(S(C)(=O)=O)nc1-c1nnc(Cc2ccc(Cl)c(Oc3cc(N)cc(Cl)c3)c2F)o1. The fourth-order valence-electron chi connectivity index (χ4n) is 2.96. The molecule has 0 amide bonds. The number of halogens is 3. The number of benzene rings is 2. The van der Waals surface area contributed by atoms with Gasteiger partial charge >= 0.3 is 0 Å².